The Hall–Kier alpha value is -3.39. The molecule has 2 aromatic rings. The lowest BCUT2D eigenvalue weighted by Crippen LogP contribution is -2.33. The van der Waals surface area contributed by atoms with Crippen LogP contribution in [0, 0.1) is 0 Å². The Balaban J connectivity index is 2.06. The largest absolute Gasteiger partial charge is 0.507 e. The van der Waals surface area contributed by atoms with Crippen LogP contribution in [0.3, 0.4) is 0 Å². The van der Waals surface area contributed by atoms with Crippen molar-refractivity contribution in [3.8, 4) is 11.5 Å². The Labute approximate surface area is 194 Å². The molecule has 0 spiro atoms. The van der Waals surface area contributed by atoms with Gasteiger partial charge in [-0.05, 0) is 62.8 Å². The Kier molecular flexibility index (Phi) is 8.06. The van der Waals surface area contributed by atoms with Gasteiger partial charge in [0.05, 0.1) is 18.2 Å². The molecule has 1 amide bonds. The molecule has 1 aliphatic heterocycles. The summed E-state index contributed by atoms with van der Waals surface area (Å²) < 4.78 is 5.52. The standard InChI is InChI=1S/C25H31N3O5/c1-4-27(5-2)14-7-15-28-22(18-8-9-19(29)20(16-18)33-6-3)21(24(31)25(28)32)23(30)17-10-12-26-13-11-17/h8-13,16,22,29-30H,4-7,14-15H2,1-3H3/b23-21+. The average Bonchev–Trinajstić information content (AvgIpc) is 3.08. The number of phenolic OH excluding ortho intramolecular Hbond substituents is 1. The second-order valence-electron chi connectivity index (χ2n) is 7.77. The molecule has 1 atom stereocenters. The molecule has 1 fully saturated rings. The molecule has 1 aromatic heterocycles. The van der Waals surface area contributed by atoms with Crippen LogP contribution in [-0.4, -0.2) is 69.5 Å². The number of carbonyl (C=O) groups is 2. The number of benzene rings is 1. The number of aliphatic hydroxyl groups excluding tert-OH is 1. The summed E-state index contributed by atoms with van der Waals surface area (Å²) in [5.74, 6) is -1.41. The summed E-state index contributed by atoms with van der Waals surface area (Å²) in [5.41, 5.74) is 0.996. The van der Waals surface area contributed by atoms with E-state index >= 15 is 0 Å². The van der Waals surface area contributed by atoms with Gasteiger partial charge in [0.2, 0.25) is 0 Å². The van der Waals surface area contributed by atoms with Crippen LogP contribution >= 0.6 is 0 Å². The second-order valence-corrected chi connectivity index (χ2v) is 7.77. The summed E-state index contributed by atoms with van der Waals surface area (Å²) in [5, 5.41) is 21.2. The molecule has 2 heterocycles. The zero-order valence-corrected chi connectivity index (χ0v) is 19.3. The van der Waals surface area contributed by atoms with Gasteiger partial charge < -0.3 is 24.7 Å². The van der Waals surface area contributed by atoms with Crippen LogP contribution in [0.5, 0.6) is 11.5 Å². The predicted octanol–water partition coefficient (Wildman–Crippen LogP) is 3.34. The maximum atomic E-state index is 13.1. The number of nitrogens with zero attached hydrogens (tertiary/aromatic N) is 3. The van der Waals surface area contributed by atoms with Crippen molar-refractivity contribution in [1.82, 2.24) is 14.8 Å². The summed E-state index contributed by atoms with van der Waals surface area (Å²) >= 11 is 0. The van der Waals surface area contributed by atoms with Crippen LogP contribution in [0.2, 0.25) is 0 Å². The maximum absolute atomic E-state index is 13.1. The first kappa shape index (κ1) is 24.3. The van der Waals surface area contributed by atoms with Crippen molar-refractivity contribution in [1.29, 1.82) is 0 Å². The molecule has 176 valence electrons. The number of aromatic hydroxyl groups is 1. The first-order valence-corrected chi connectivity index (χ1v) is 11.3. The van der Waals surface area contributed by atoms with Crippen LogP contribution in [0.25, 0.3) is 5.76 Å². The van der Waals surface area contributed by atoms with Gasteiger partial charge in [0, 0.05) is 24.5 Å². The van der Waals surface area contributed by atoms with Crippen molar-refractivity contribution >= 4 is 17.4 Å². The minimum atomic E-state index is -0.797. The molecule has 1 aromatic carbocycles. The summed E-state index contributed by atoms with van der Waals surface area (Å²) in [7, 11) is 0. The van der Waals surface area contributed by atoms with Gasteiger partial charge in [-0.15, -0.1) is 0 Å². The minimum Gasteiger partial charge on any atom is -0.507 e. The van der Waals surface area contributed by atoms with Gasteiger partial charge >= 0.3 is 0 Å². The lowest BCUT2D eigenvalue weighted by Gasteiger charge is -2.27. The van der Waals surface area contributed by atoms with Gasteiger partial charge in [0.1, 0.15) is 5.76 Å². The van der Waals surface area contributed by atoms with Gasteiger partial charge in [-0.2, -0.15) is 0 Å². The normalized spacial score (nSPS) is 17.7. The number of amides is 1. The number of hydrogen-bond acceptors (Lipinski definition) is 7. The van der Waals surface area contributed by atoms with Crippen LogP contribution in [0.4, 0.5) is 0 Å². The lowest BCUT2D eigenvalue weighted by atomic mass is 9.95. The van der Waals surface area contributed by atoms with E-state index in [1.165, 1.54) is 23.4 Å². The van der Waals surface area contributed by atoms with Crippen molar-refractivity contribution in [3.63, 3.8) is 0 Å². The Morgan fingerprint density at radius 2 is 1.82 bits per heavy atom. The number of carbonyl (C=O) groups excluding carboxylic acids is 2. The molecule has 33 heavy (non-hydrogen) atoms. The molecular formula is C25H31N3O5. The first-order valence-electron chi connectivity index (χ1n) is 11.3. The molecule has 3 rings (SSSR count). The fourth-order valence-electron chi connectivity index (χ4n) is 4.10. The number of Topliss-reactive ketones (excluding diaryl/α,β-unsaturated/α-hetero) is 1. The van der Waals surface area contributed by atoms with Crippen LogP contribution in [0.1, 0.15) is 44.4 Å². The van der Waals surface area contributed by atoms with E-state index in [1.807, 2.05) is 0 Å². The summed E-state index contributed by atoms with van der Waals surface area (Å²) in [6, 6.07) is 7.11. The third-order valence-electron chi connectivity index (χ3n) is 5.86. The third-order valence-corrected chi connectivity index (χ3v) is 5.86. The molecule has 1 aliphatic rings. The molecule has 1 unspecified atom stereocenters. The molecule has 0 saturated carbocycles. The number of pyridine rings is 1. The number of rotatable bonds is 10. The topological polar surface area (TPSA) is 103 Å². The highest BCUT2D eigenvalue weighted by atomic mass is 16.5. The highest BCUT2D eigenvalue weighted by Gasteiger charge is 2.46. The second kappa shape index (κ2) is 11.0. The van der Waals surface area contributed by atoms with Gasteiger partial charge in [-0.1, -0.05) is 19.9 Å². The predicted molar refractivity (Wildman–Crippen MR) is 125 cm³/mol. The van der Waals surface area contributed by atoms with Gasteiger partial charge in [-0.3, -0.25) is 14.6 Å². The number of ether oxygens (including phenoxy) is 1. The van der Waals surface area contributed by atoms with E-state index in [2.05, 4.69) is 23.7 Å². The van der Waals surface area contributed by atoms with Crippen molar-refractivity contribution in [3.05, 3.63) is 59.4 Å². The Bertz CT molecular complexity index is 1020. The lowest BCUT2D eigenvalue weighted by molar-refractivity contribution is -0.140. The maximum Gasteiger partial charge on any atom is 0.295 e. The smallest absolute Gasteiger partial charge is 0.295 e. The van der Waals surface area contributed by atoms with E-state index in [1.54, 1.807) is 31.2 Å². The van der Waals surface area contributed by atoms with Crippen molar-refractivity contribution < 1.29 is 24.5 Å². The molecule has 8 heteroatoms. The van der Waals surface area contributed by atoms with E-state index in [0.29, 0.717) is 30.7 Å². The van der Waals surface area contributed by atoms with Gasteiger partial charge in [-0.25, -0.2) is 0 Å². The summed E-state index contributed by atoms with van der Waals surface area (Å²) in [6.07, 6.45) is 3.70. The van der Waals surface area contributed by atoms with Crippen LogP contribution in [-0.2, 0) is 9.59 Å². The summed E-state index contributed by atoms with van der Waals surface area (Å²) in [6.45, 7) is 9.24. The van der Waals surface area contributed by atoms with Gasteiger partial charge in [0.15, 0.2) is 11.5 Å². The Morgan fingerprint density at radius 3 is 2.45 bits per heavy atom. The van der Waals surface area contributed by atoms with Crippen molar-refractivity contribution in [2.24, 2.45) is 0 Å². The molecule has 8 nitrogen and oxygen atoms in total. The van der Waals surface area contributed by atoms with Gasteiger partial charge in [0.25, 0.3) is 11.7 Å². The summed E-state index contributed by atoms with van der Waals surface area (Å²) in [4.78, 5) is 33.8. The third kappa shape index (κ3) is 5.17. The Morgan fingerprint density at radius 1 is 1.12 bits per heavy atom. The average molecular weight is 454 g/mol. The van der Waals surface area contributed by atoms with E-state index in [9.17, 15) is 19.8 Å². The number of hydrogen-bond donors (Lipinski definition) is 2. The quantitative estimate of drug-likeness (QED) is 0.323. The number of aromatic nitrogens is 1. The van der Waals surface area contributed by atoms with E-state index < -0.39 is 17.7 Å². The minimum absolute atomic E-state index is 0.0159. The SMILES string of the molecule is CCOc1cc(C2/C(=C(\O)c3ccncc3)C(=O)C(=O)N2CCCN(CC)CC)ccc1O. The molecule has 0 radical (unpaired) electrons. The zero-order chi connectivity index (χ0) is 24.0. The molecule has 0 aliphatic carbocycles. The van der Waals surface area contributed by atoms with Crippen LogP contribution < -0.4 is 4.74 Å². The monoisotopic (exact) mass is 453 g/mol. The fraction of sp³-hybridized carbons (Fsp3) is 0.400. The van der Waals surface area contributed by atoms with Crippen molar-refractivity contribution in [2.75, 3.05) is 32.8 Å². The van der Waals surface area contributed by atoms with Crippen molar-refractivity contribution in [2.45, 2.75) is 33.2 Å². The van der Waals surface area contributed by atoms with E-state index in [-0.39, 0.29) is 22.8 Å². The number of aliphatic hydroxyl groups is 1. The van der Waals surface area contributed by atoms with Crippen LogP contribution in [0.15, 0.2) is 48.3 Å². The highest BCUT2D eigenvalue weighted by molar-refractivity contribution is 6.46. The van der Waals surface area contributed by atoms with E-state index in [0.717, 1.165) is 19.6 Å². The fourth-order valence-corrected chi connectivity index (χ4v) is 4.10. The molecule has 1 saturated heterocycles. The molecule has 0 bridgehead atoms. The van der Waals surface area contributed by atoms with E-state index in [4.69, 9.17) is 4.74 Å². The zero-order valence-electron chi connectivity index (χ0n) is 19.3. The highest BCUT2D eigenvalue weighted by Crippen LogP contribution is 2.41. The first-order chi connectivity index (χ1) is 15.9. The number of phenols is 1. The number of ketones is 1. The number of likely N-dealkylation sites (tertiary alicyclic amines) is 1. The molecular weight excluding hydrogens is 422 g/mol. The molecule has 2 N–H and O–H groups in total.